The van der Waals surface area contributed by atoms with Gasteiger partial charge in [0.1, 0.15) is 18.5 Å². The summed E-state index contributed by atoms with van der Waals surface area (Å²) in [6, 6.07) is 7.79. The van der Waals surface area contributed by atoms with Gasteiger partial charge < -0.3 is 14.7 Å². The van der Waals surface area contributed by atoms with E-state index in [0.29, 0.717) is 6.54 Å². The van der Waals surface area contributed by atoms with Gasteiger partial charge in [-0.25, -0.2) is 0 Å². The molecule has 0 saturated carbocycles. The Kier molecular flexibility index (Phi) is 5.59. The number of carbonyl (C=O) groups is 1. The van der Waals surface area contributed by atoms with Gasteiger partial charge in [-0.3, -0.25) is 9.69 Å². The molecule has 2 rings (SSSR count). The number of β-amino-alcohol motifs (C(OH)–C–C–N with tert-alkyl or cyclic N) is 1. The molecular formula is C16H24N2O3. The highest BCUT2D eigenvalue weighted by Gasteiger charge is 2.20. The van der Waals surface area contributed by atoms with Crippen molar-refractivity contribution >= 4 is 5.91 Å². The van der Waals surface area contributed by atoms with Crippen LogP contribution in [0.25, 0.3) is 0 Å². The van der Waals surface area contributed by atoms with E-state index in [9.17, 15) is 9.90 Å². The zero-order chi connectivity index (χ0) is 15.2. The molecule has 5 nitrogen and oxygen atoms in total. The van der Waals surface area contributed by atoms with E-state index in [-0.39, 0.29) is 12.5 Å². The number of piperazine rings is 1. The summed E-state index contributed by atoms with van der Waals surface area (Å²) < 4.78 is 5.66. The molecule has 1 aliphatic heterocycles. The second kappa shape index (κ2) is 7.43. The van der Waals surface area contributed by atoms with Crippen molar-refractivity contribution in [1.82, 2.24) is 9.80 Å². The van der Waals surface area contributed by atoms with Crippen LogP contribution in [0.5, 0.6) is 5.75 Å². The quantitative estimate of drug-likeness (QED) is 0.876. The summed E-state index contributed by atoms with van der Waals surface area (Å²) in [4.78, 5) is 15.3. The number of benzene rings is 1. The number of aliphatic hydroxyl groups excluding tert-OH is 1. The van der Waals surface area contributed by atoms with Crippen LogP contribution in [-0.2, 0) is 4.79 Å². The normalized spacial score (nSPS) is 17.6. The van der Waals surface area contributed by atoms with Crippen LogP contribution >= 0.6 is 0 Å². The lowest BCUT2D eigenvalue weighted by Gasteiger charge is -2.35. The second-order valence-corrected chi connectivity index (χ2v) is 5.54. The third kappa shape index (κ3) is 4.72. The van der Waals surface area contributed by atoms with Crippen LogP contribution in [0.1, 0.15) is 12.5 Å². The van der Waals surface area contributed by atoms with Gasteiger partial charge in [-0.2, -0.15) is 0 Å². The van der Waals surface area contributed by atoms with Gasteiger partial charge >= 0.3 is 0 Å². The Bertz CT molecular complexity index is 470. The number of rotatable bonds is 5. The van der Waals surface area contributed by atoms with Crippen molar-refractivity contribution in [3.8, 4) is 5.75 Å². The molecule has 1 heterocycles. The van der Waals surface area contributed by atoms with E-state index in [4.69, 9.17) is 4.74 Å². The van der Waals surface area contributed by atoms with Crippen LogP contribution in [0.3, 0.4) is 0 Å². The topological polar surface area (TPSA) is 53.0 Å². The van der Waals surface area contributed by atoms with Crippen molar-refractivity contribution in [2.75, 3.05) is 39.3 Å². The number of carbonyl (C=O) groups excluding carboxylic acids is 1. The van der Waals surface area contributed by atoms with Crippen molar-refractivity contribution < 1.29 is 14.6 Å². The predicted octanol–water partition coefficient (Wildman–Crippen LogP) is 0.899. The highest BCUT2D eigenvalue weighted by molar-refractivity contribution is 5.73. The van der Waals surface area contributed by atoms with Crippen molar-refractivity contribution in [2.45, 2.75) is 20.0 Å². The lowest BCUT2D eigenvalue weighted by Crippen LogP contribution is -2.50. The summed E-state index contributed by atoms with van der Waals surface area (Å²) in [6.45, 7) is 7.54. The maximum absolute atomic E-state index is 11.3. The van der Waals surface area contributed by atoms with Crippen LogP contribution in [0.2, 0.25) is 0 Å². The fourth-order valence-electron chi connectivity index (χ4n) is 2.50. The summed E-state index contributed by atoms with van der Waals surface area (Å²) in [7, 11) is 0. The highest BCUT2D eigenvalue weighted by atomic mass is 16.5. The summed E-state index contributed by atoms with van der Waals surface area (Å²) in [5, 5.41) is 10.1. The standard InChI is InChI=1S/C16H24N2O3/c1-13-5-3-4-6-16(13)21-12-15(20)11-17-7-9-18(10-8-17)14(2)19/h3-6,15,20H,7-12H2,1-2H3. The zero-order valence-electron chi connectivity index (χ0n) is 12.8. The first-order valence-corrected chi connectivity index (χ1v) is 7.40. The molecule has 1 fully saturated rings. The summed E-state index contributed by atoms with van der Waals surface area (Å²) in [5.41, 5.74) is 1.07. The molecule has 0 bridgehead atoms. The maximum atomic E-state index is 11.3. The molecule has 1 saturated heterocycles. The molecule has 5 heteroatoms. The van der Waals surface area contributed by atoms with Gasteiger partial charge in [0.05, 0.1) is 0 Å². The molecule has 0 aromatic heterocycles. The number of amides is 1. The molecule has 116 valence electrons. The monoisotopic (exact) mass is 292 g/mol. The zero-order valence-corrected chi connectivity index (χ0v) is 12.8. The molecule has 1 atom stereocenters. The molecule has 1 amide bonds. The first-order chi connectivity index (χ1) is 10.1. The third-order valence-electron chi connectivity index (χ3n) is 3.81. The van der Waals surface area contributed by atoms with E-state index in [0.717, 1.165) is 37.5 Å². The Morgan fingerprint density at radius 2 is 1.95 bits per heavy atom. The van der Waals surface area contributed by atoms with Crippen LogP contribution in [0.15, 0.2) is 24.3 Å². The van der Waals surface area contributed by atoms with Gasteiger partial charge in [0.15, 0.2) is 0 Å². The Morgan fingerprint density at radius 3 is 2.57 bits per heavy atom. The van der Waals surface area contributed by atoms with E-state index in [1.54, 1.807) is 6.92 Å². The maximum Gasteiger partial charge on any atom is 0.219 e. The van der Waals surface area contributed by atoms with Crippen LogP contribution < -0.4 is 4.74 Å². The largest absolute Gasteiger partial charge is 0.491 e. The van der Waals surface area contributed by atoms with Gasteiger partial charge in [-0.15, -0.1) is 0 Å². The minimum atomic E-state index is -0.520. The molecule has 1 aromatic carbocycles. The summed E-state index contributed by atoms with van der Waals surface area (Å²) in [6.07, 6.45) is -0.520. The molecule has 21 heavy (non-hydrogen) atoms. The molecule has 1 N–H and O–H groups in total. The summed E-state index contributed by atoms with van der Waals surface area (Å²) in [5.74, 6) is 0.941. The van der Waals surface area contributed by atoms with Gasteiger partial charge in [0, 0.05) is 39.6 Å². The smallest absolute Gasteiger partial charge is 0.219 e. The second-order valence-electron chi connectivity index (χ2n) is 5.54. The molecule has 1 aliphatic rings. The van der Waals surface area contributed by atoms with E-state index < -0.39 is 6.10 Å². The molecule has 1 unspecified atom stereocenters. The van der Waals surface area contributed by atoms with E-state index in [2.05, 4.69) is 4.90 Å². The predicted molar refractivity (Wildman–Crippen MR) is 81.4 cm³/mol. The molecule has 0 radical (unpaired) electrons. The van der Waals surface area contributed by atoms with Crippen molar-refractivity contribution in [3.05, 3.63) is 29.8 Å². The number of hydrogen-bond donors (Lipinski definition) is 1. The van der Waals surface area contributed by atoms with Crippen molar-refractivity contribution in [1.29, 1.82) is 0 Å². The van der Waals surface area contributed by atoms with Crippen LogP contribution in [-0.4, -0.2) is 66.2 Å². The van der Waals surface area contributed by atoms with Crippen LogP contribution in [0, 0.1) is 6.92 Å². The van der Waals surface area contributed by atoms with Gasteiger partial charge in [0.25, 0.3) is 0 Å². The lowest BCUT2D eigenvalue weighted by molar-refractivity contribution is -0.130. The first kappa shape index (κ1) is 15.8. The average Bonchev–Trinajstić information content (AvgIpc) is 2.47. The van der Waals surface area contributed by atoms with Gasteiger partial charge in [-0.05, 0) is 18.6 Å². The molecule has 0 aliphatic carbocycles. The minimum absolute atomic E-state index is 0.123. The SMILES string of the molecule is CC(=O)N1CCN(CC(O)COc2ccccc2C)CC1. The Labute approximate surface area is 126 Å². The van der Waals surface area contributed by atoms with E-state index >= 15 is 0 Å². The van der Waals surface area contributed by atoms with E-state index in [1.165, 1.54) is 0 Å². The molecule has 1 aromatic rings. The number of aryl methyl sites for hydroxylation is 1. The summed E-state index contributed by atoms with van der Waals surface area (Å²) >= 11 is 0. The minimum Gasteiger partial charge on any atom is -0.491 e. The van der Waals surface area contributed by atoms with Crippen molar-refractivity contribution in [2.24, 2.45) is 0 Å². The van der Waals surface area contributed by atoms with Gasteiger partial charge in [-0.1, -0.05) is 18.2 Å². The number of para-hydroxylation sites is 1. The van der Waals surface area contributed by atoms with E-state index in [1.807, 2.05) is 36.1 Å². The number of aliphatic hydroxyl groups is 1. The van der Waals surface area contributed by atoms with Gasteiger partial charge in [0.2, 0.25) is 5.91 Å². The number of hydrogen-bond acceptors (Lipinski definition) is 4. The lowest BCUT2D eigenvalue weighted by atomic mass is 10.2. The van der Waals surface area contributed by atoms with Crippen molar-refractivity contribution in [3.63, 3.8) is 0 Å². The average molecular weight is 292 g/mol. The molecular weight excluding hydrogens is 268 g/mol. The third-order valence-corrected chi connectivity index (χ3v) is 3.81. The Hall–Kier alpha value is -1.59. The number of nitrogens with zero attached hydrogens (tertiary/aromatic N) is 2. The Morgan fingerprint density at radius 1 is 1.29 bits per heavy atom. The first-order valence-electron chi connectivity index (χ1n) is 7.40. The van der Waals surface area contributed by atoms with Crippen LogP contribution in [0.4, 0.5) is 0 Å². The fourth-order valence-corrected chi connectivity index (χ4v) is 2.50. The highest BCUT2D eigenvalue weighted by Crippen LogP contribution is 2.16. The molecule has 0 spiro atoms. The Balaban J connectivity index is 1.72. The fraction of sp³-hybridized carbons (Fsp3) is 0.562. The number of ether oxygens (including phenoxy) is 1.